The number of sulfone groups is 1. The Morgan fingerprint density at radius 1 is 1.00 bits per heavy atom. The third-order valence-electron chi connectivity index (χ3n) is 4.83. The number of alkyl halides is 3. The van der Waals surface area contributed by atoms with Gasteiger partial charge in [0.2, 0.25) is 5.91 Å². The van der Waals surface area contributed by atoms with Gasteiger partial charge in [0.05, 0.1) is 17.4 Å². The predicted molar refractivity (Wildman–Crippen MR) is 115 cm³/mol. The Bertz CT molecular complexity index is 981. The monoisotopic (exact) mass is 455 g/mol. The molecule has 1 N–H and O–H groups in total. The molecule has 31 heavy (non-hydrogen) atoms. The van der Waals surface area contributed by atoms with Crippen LogP contribution in [-0.4, -0.2) is 25.8 Å². The second-order valence-electron chi connectivity index (χ2n) is 8.67. The lowest BCUT2D eigenvalue weighted by molar-refractivity contribution is -0.137. The fraction of sp³-hybridized carbons (Fsp3) is 0.435. The van der Waals surface area contributed by atoms with Crippen molar-refractivity contribution in [2.45, 2.75) is 45.8 Å². The molecule has 1 unspecified atom stereocenters. The molecule has 0 saturated carbocycles. The first-order valence-electron chi connectivity index (χ1n) is 9.99. The average molecular weight is 456 g/mol. The van der Waals surface area contributed by atoms with Crippen molar-refractivity contribution in [2.75, 3.05) is 11.5 Å². The summed E-state index contributed by atoms with van der Waals surface area (Å²) in [4.78, 5) is 12.5. The summed E-state index contributed by atoms with van der Waals surface area (Å²) >= 11 is 0. The molecular weight excluding hydrogens is 427 g/mol. The first-order chi connectivity index (χ1) is 14.3. The minimum absolute atomic E-state index is 0.140. The van der Waals surface area contributed by atoms with E-state index in [0.29, 0.717) is 12.8 Å². The summed E-state index contributed by atoms with van der Waals surface area (Å²) in [5.74, 6) is -1.57. The Balaban J connectivity index is 2.06. The maximum atomic E-state index is 13.1. The molecule has 2 aromatic rings. The van der Waals surface area contributed by atoms with Crippen LogP contribution in [0.5, 0.6) is 0 Å². The lowest BCUT2D eigenvalue weighted by Gasteiger charge is -2.32. The standard InChI is InChI=1S/C23H28F3NO3S/c1-22(2,3)21(18-12-7-13-19(15-18)23(24,25)26)27-20(28)16-31(29,30)14-8-11-17-9-5-4-6-10-17/h4-7,9-10,12-13,15,21H,8,11,14,16H2,1-3H3,(H,27,28). The van der Waals surface area contributed by atoms with Gasteiger partial charge >= 0.3 is 6.18 Å². The maximum Gasteiger partial charge on any atom is 0.416 e. The van der Waals surface area contributed by atoms with Gasteiger partial charge in [0.25, 0.3) is 0 Å². The molecule has 0 spiro atoms. The molecule has 2 rings (SSSR count). The molecule has 0 heterocycles. The zero-order chi connectivity index (χ0) is 23.3. The van der Waals surface area contributed by atoms with Gasteiger partial charge in [0.15, 0.2) is 9.84 Å². The molecule has 0 aliphatic heterocycles. The molecule has 170 valence electrons. The van der Waals surface area contributed by atoms with Crippen LogP contribution in [0.4, 0.5) is 13.2 Å². The Kier molecular flexibility index (Phi) is 7.92. The zero-order valence-electron chi connectivity index (χ0n) is 17.9. The highest BCUT2D eigenvalue weighted by Crippen LogP contribution is 2.36. The van der Waals surface area contributed by atoms with E-state index in [1.807, 2.05) is 30.3 Å². The van der Waals surface area contributed by atoms with Crippen molar-refractivity contribution < 1.29 is 26.4 Å². The number of nitrogens with one attached hydrogen (secondary N) is 1. The predicted octanol–water partition coefficient (Wildman–Crippen LogP) is 4.96. The van der Waals surface area contributed by atoms with Gasteiger partial charge in [-0.15, -0.1) is 0 Å². The molecule has 0 bridgehead atoms. The van der Waals surface area contributed by atoms with Gasteiger partial charge in [-0.25, -0.2) is 8.42 Å². The fourth-order valence-electron chi connectivity index (χ4n) is 3.31. The number of rotatable bonds is 8. The molecule has 0 aromatic heterocycles. The Hall–Kier alpha value is -2.35. The van der Waals surface area contributed by atoms with Crippen LogP contribution in [0, 0.1) is 5.41 Å². The largest absolute Gasteiger partial charge is 0.416 e. The van der Waals surface area contributed by atoms with Gasteiger partial charge in [-0.1, -0.05) is 63.2 Å². The molecular formula is C23H28F3NO3S. The van der Waals surface area contributed by atoms with Crippen LogP contribution in [0.2, 0.25) is 0 Å². The number of carbonyl (C=O) groups excluding carboxylic acids is 1. The van der Waals surface area contributed by atoms with E-state index in [2.05, 4.69) is 5.32 Å². The normalized spacial score (nSPS) is 13.6. The first kappa shape index (κ1) is 24.9. The molecule has 0 fully saturated rings. The second kappa shape index (κ2) is 9.85. The smallest absolute Gasteiger partial charge is 0.348 e. The van der Waals surface area contributed by atoms with Crippen molar-refractivity contribution in [3.05, 3.63) is 71.3 Å². The highest BCUT2D eigenvalue weighted by Gasteiger charge is 2.34. The Morgan fingerprint density at radius 2 is 1.65 bits per heavy atom. The number of hydrogen-bond donors (Lipinski definition) is 1. The van der Waals surface area contributed by atoms with Gasteiger partial charge in [-0.3, -0.25) is 4.79 Å². The molecule has 1 atom stereocenters. The number of benzene rings is 2. The second-order valence-corrected chi connectivity index (χ2v) is 10.9. The highest BCUT2D eigenvalue weighted by atomic mass is 32.2. The van der Waals surface area contributed by atoms with E-state index in [9.17, 15) is 26.4 Å². The third-order valence-corrected chi connectivity index (χ3v) is 6.45. The van der Waals surface area contributed by atoms with Crippen molar-refractivity contribution in [1.82, 2.24) is 5.32 Å². The van der Waals surface area contributed by atoms with Crippen molar-refractivity contribution in [2.24, 2.45) is 5.41 Å². The van der Waals surface area contributed by atoms with Crippen molar-refractivity contribution in [3.8, 4) is 0 Å². The fourth-order valence-corrected chi connectivity index (χ4v) is 4.52. The molecule has 0 saturated heterocycles. The van der Waals surface area contributed by atoms with E-state index in [1.165, 1.54) is 12.1 Å². The van der Waals surface area contributed by atoms with E-state index in [-0.39, 0.29) is 11.3 Å². The van der Waals surface area contributed by atoms with Crippen molar-refractivity contribution in [1.29, 1.82) is 0 Å². The summed E-state index contributed by atoms with van der Waals surface area (Å²) in [6, 6.07) is 13.4. The molecule has 4 nitrogen and oxygen atoms in total. The van der Waals surface area contributed by atoms with Crippen LogP contribution < -0.4 is 5.32 Å². The van der Waals surface area contributed by atoms with E-state index in [0.717, 1.165) is 17.7 Å². The van der Waals surface area contributed by atoms with E-state index < -0.39 is 44.7 Å². The van der Waals surface area contributed by atoms with Crippen LogP contribution in [0.25, 0.3) is 0 Å². The molecule has 0 radical (unpaired) electrons. The lowest BCUT2D eigenvalue weighted by atomic mass is 9.82. The summed E-state index contributed by atoms with van der Waals surface area (Å²) in [6.07, 6.45) is -3.54. The third kappa shape index (κ3) is 8.01. The first-order valence-corrected chi connectivity index (χ1v) is 11.8. The summed E-state index contributed by atoms with van der Waals surface area (Å²) in [5.41, 5.74) is -0.157. The van der Waals surface area contributed by atoms with Crippen molar-refractivity contribution in [3.63, 3.8) is 0 Å². The summed E-state index contributed by atoms with van der Waals surface area (Å²) in [7, 11) is -3.65. The van der Waals surface area contributed by atoms with Gasteiger partial charge in [0.1, 0.15) is 5.75 Å². The number of hydrogen-bond acceptors (Lipinski definition) is 3. The quantitative estimate of drug-likeness (QED) is 0.612. The maximum absolute atomic E-state index is 13.1. The molecule has 8 heteroatoms. The van der Waals surface area contributed by atoms with E-state index in [4.69, 9.17) is 0 Å². The Labute approximate surface area is 181 Å². The molecule has 0 aliphatic carbocycles. The van der Waals surface area contributed by atoms with E-state index >= 15 is 0 Å². The summed E-state index contributed by atoms with van der Waals surface area (Å²) in [6.45, 7) is 5.31. The molecule has 0 aliphatic rings. The number of halogens is 3. The van der Waals surface area contributed by atoms with Gasteiger partial charge in [0, 0.05) is 0 Å². The molecule has 2 aromatic carbocycles. The van der Waals surface area contributed by atoms with Gasteiger partial charge in [-0.05, 0) is 41.5 Å². The minimum Gasteiger partial charge on any atom is -0.348 e. The van der Waals surface area contributed by atoms with Gasteiger partial charge in [-0.2, -0.15) is 13.2 Å². The van der Waals surface area contributed by atoms with Crippen LogP contribution in [0.3, 0.4) is 0 Å². The topological polar surface area (TPSA) is 63.2 Å². The molecule has 1 amide bonds. The minimum atomic E-state index is -4.51. The van der Waals surface area contributed by atoms with Crippen LogP contribution in [-0.2, 0) is 27.2 Å². The van der Waals surface area contributed by atoms with Crippen LogP contribution >= 0.6 is 0 Å². The summed E-state index contributed by atoms with van der Waals surface area (Å²) < 4.78 is 64.0. The van der Waals surface area contributed by atoms with Crippen LogP contribution in [0.15, 0.2) is 54.6 Å². The summed E-state index contributed by atoms with van der Waals surface area (Å²) in [5, 5.41) is 2.63. The number of amides is 1. The number of carbonyl (C=O) groups is 1. The van der Waals surface area contributed by atoms with Crippen LogP contribution in [0.1, 0.15) is 49.9 Å². The van der Waals surface area contributed by atoms with Crippen molar-refractivity contribution >= 4 is 15.7 Å². The number of aryl methyl sites for hydroxylation is 1. The SMILES string of the molecule is CC(C)(C)C(NC(=O)CS(=O)(=O)CCCc1ccccc1)c1cccc(C(F)(F)F)c1. The Morgan fingerprint density at radius 3 is 2.23 bits per heavy atom. The average Bonchev–Trinajstić information content (AvgIpc) is 2.65. The highest BCUT2D eigenvalue weighted by molar-refractivity contribution is 7.92. The van der Waals surface area contributed by atoms with E-state index in [1.54, 1.807) is 20.8 Å². The lowest BCUT2D eigenvalue weighted by Crippen LogP contribution is -2.40. The van der Waals surface area contributed by atoms with Gasteiger partial charge < -0.3 is 5.32 Å². The zero-order valence-corrected chi connectivity index (χ0v) is 18.7.